The number of aryl methyl sites for hydroxylation is 2. The number of amides is 2. The van der Waals surface area contributed by atoms with Crippen molar-refractivity contribution in [3.8, 4) is 11.3 Å². The monoisotopic (exact) mass is 418 g/mol. The Kier molecular flexibility index (Phi) is 4.48. The number of likely N-dealkylation sites (N-methyl/N-ethyl adjacent to an activating group) is 1. The fourth-order valence-electron chi connectivity index (χ4n) is 4.04. The van der Waals surface area contributed by atoms with Gasteiger partial charge < -0.3 is 25.0 Å². The standard InChI is InChI=1S/C22H22N6O3/c1-11-6-15-16(25-11)8-14-13-7-17(24-9-18(13)26-21(14)29)20-12(2)27-31-19(20)10-23-4-5-28(3)22(15)30/h6-9,23,25H,4-5,10H2,1-3H3,(H,26,29)/b14-8-. The zero-order valence-electron chi connectivity index (χ0n) is 17.5. The van der Waals surface area contributed by atoms with Crippen molar-refractivity contribution in [3.05, 3.63) is 52.3 Å². The predicted octanol–water partition coefficient (Wildman–Crippen LogP) is 2.35. The molecule has 0 spiro atoms. The molecule has 0 fully saturated rings. The molecule has 0 unspecified atom stereocenters. The molecule has 5 heterocycles. The van der Waals surface area contributed by atoms with Crippen molar-refractivity contribution in [2.45, 2.75) is 20.4 Å². The van der Waals surface area contributed by atoms with Gasteiger partial charge in [-0.1, -0.05) is 5.16 Å². The molecule has 3 aromatic rings. The fourth-order valence-corrected chi connectivity index (χ4v) is 4.04. The number of hydrogen-bond acceptors (Lipinski definition) is 6. The lowest BCUT2D eigenvalue weighted by Gasteiger charge is -2.17. The number of aromatic nitrogens is 3. The van der Waals surface area contributed by atoms with Crippen LogP contribution in [0, 0.1) is 13.8 Å². The molecule has 0 radical (unpaired) electrons. The molecule has 9 nitrogen and oxygen atoms in total. The minimum atomic E-state index is -0.235. The van der Waals surface area contributed by atoms with E-state index in [0.717, 1.165) is 22.5 Å². The molecule has 5 rings (SSSR count). The summed E-state index contributed by atoms with van der Waals surface area (Å²) in [6, 6.07) is 3.68. The summed E-state index contributed by atoms with van der Waals surface area (Å²) in [5.74, 6) is 0.316. The first-order valence-corrected chi connectivity index (χ1v) is 10.1. The van der Waals surface area contributed by atoms with E-state index in [-0.39, 0.29) is 11.8 Å². The maximum Gasteiger partial charge on any atom is 0.256 e. The van der Waals surface area contributed by atoms with E-state index < -0.39 is 0 Å². The molecule has 0 aliphatic carbocycles. The van der Waals surface area contributed by atoms with Gasteiger partial charge in [0, 0.05) is 31.4 Å². The van der Waals surface area contributed by atoms with E-state index in [4.69, 9.17) is 4.52 Å². The zero-order chi connectivity index (χ0) is 21.7. The summed E-state index contributed by atoms with van der Waals surface area (Å²) >= 11 is 0. The van der Waals surface area contributed by atoms with Crippen LogP contribution in [-0.2, 0) is 11.3 Å². The lowest BCUT2D eigenvalue weighted by atomic mass is 10.0. The van der Waals surface area contributed by atoms with Gasteiger partial charge in [0.1, 0.15) is 0 Å². The van der Waals surface area contributed by atoms with Crippen LogP contribution in [0.25, 0.3) is 22.9 Å². The SMILES string of the molecule is Cc1cc2c([nH]1)/C=C1\C(=O)Nc3cnc(cc31)-c1c(C)noc1CNCCN(C)C2=O. The summed E-state index contributed by atoms with van der Waals surface area (Å²) in [6.45, 7) is 5.30. The summed E-state index contributed by atoms with van der Waals surface area (Å²) < 4.78 is 5.53. The van der Waals surface area contributed by atoms with E-state index in [1.807, 2.05) is 26.0 Å². The van der Waals surface area contributed by atoms with Crippen molar-refractivity contribution in [1.82, 2.24) is 25.3 Å². The van der Waals surface area contributed by atoms with Crippen LogP contribution in [0.2, 0.25) is 0 Å². The van der Waals surface area contributed by atoms with E-state index in [1.54, 1.807) is 24.2 Å². The van der Waals surface area contributed by atoms with Gasteiger partial charge in [0.05, 0.1) is 52.2 Å². The Balaban J connectivity index is 1.72. The highest BCUT2D eigenvalue weighted by Gasteiger charge is 2.28. The van der Waals surface area contributed by atoms with Crippen LogP contribution in [0.4, 0.5) is 5.69 Å². The average Bonchev–Trinajstić information content (AvgIpc) is 3.39. The number of hydrogen-bond donors (Lipinski definition) is 3. The Morgan fingerprint density at radius 2 is 2.00 bits per heavy atom. The van der Waals surface area contributed by atoms with Crippen molar-refractivity contribution in [1.29, 1.82) is 0 Å². The van der Waals surface area contributed by atoms with Crippen molar-refractivity contribution < 1.29 is 14.1 Å². The van der Waals surface area contributed by atoms with Gasteiger partial charge in [-0.15, -0.1) is 0 Å². The van der Waals surface area contributed by atoms with Gasteiger partial charge in [-0.05, 0) is 32.1 Å². The van der Waals surface area contributed by atoms with Crippen LogP contribution < -0.4 is 10.6 Å². The van der Waals surface area contributed by atoms with Crippen LogP contribution in [0.1, 0.15) is 38.8 Å². The third-order valence-corrected chi connectivity index (χ3v) is 5.63. The smallest absolute Gasteiger partial charge is 0.256 e. The number of fused-ring (bicyclic) bond motifs is 4. The molecule has 2 aliphatic rings. The molecule has 2 bridgehead atoms. The van der Waals surface area contributed by atoms with Gasteiger partial charge in [-0.25, -0.2) is 0 Å². The Morgan fingerprint density at radius 1 is 1.16 bits per heavy atom. The second-order valence-corrected chi connectivity index (χ2v) is 7.88. The Morgan fingerprint density at radius 3 is 2.84 bits per heavy atom. The third-order valence-electron chi connectivity index (χ3n) is 5.63. The van der Waals surface area contributed by atoms with Crippen LogP contribution >= 0.6 is 0 Å². The number of anilines is 1. The van der Waals surface area contributed by atoms with Crippen LogP contribution in [0.5, 0.6) is 0 Å². The Bertz CT molecular complexity index is 1250. The first-order valence-electron chi connectivity index (χ1n) is 10.1. The molecule has 0 saturated carbocycles. The van der Waals surface area contributed by atoms with Gasteiger partial charge in [0.25, 0.3) is 11.8 Å². The maximum atomic E-state index is 13.1. The normalized spacial score (nSPS) is 17.9. The van der Waals surface area contributed by atoms with Crippen molar-refractivity contribution in [2.75, 3.05) is 25.5 Å². The molecule has 2 aliphatic heterocycles. The minimum Gasteiger partial charge on any atom is -0.359 e. The lowest BCUT2D eigenvalue weighted by Crippen LogP contribution is -2.33. The molecule has 3 aromatic heterocycles. The van der Waals surface area contributed by atoms with Crippen molar-refractivity contribution in [2.24, 2.45) is 0 Å². The molecule has 2 amide bonds. The number of nitrogens with zero attached hydrogens (tertiary/aromatic N) is 3. The second-order valence-electron chi connectivity index (χ2n) is 7.88. The number of H-pyrrole nitrogens is 1. The summed E-state index contributed by atoms with van der Waals surface area (Å²) in [4.78, 5) is 35.2. The maximum absolute atomic E-state index is 13.1. The Hall–Kier alpha value is -3.72. The Labute approximate surface area is 178 Å². The summed E-state index contributed by atoms with van der Waals surface area (Å²) in [6.07, 6.45) is 3.38. The highest BCUT2D eigenvalue weighted by atomic mass is 16.5. The topological polar surface area (TPSA) is 116 Å². The molecule has 9 heteroatoms. The summed E-state index contributed by atoms with van der Waals surface area (Å²) in [5.41, 5.74) is 6.04. The second kappa shape index (κ2) is 7.21. The summed E-state index contributed by atoms with van der Waals surface area (Å²) in [7, 11) is 1.76. The number of rotatable bonds is 0. The largest absolute Gasteiger partial charge is 0.359 e. The number of pyridine rings is 1. The van der Waals surface area contributed by atoms with Crippen LogP contribution in [-0.4, -0.2) is 52.0 Å². The summed E-state index contributed by atoms with van der Waals surface area (Å²) in [5, 5.41) is 10.3. The van der Waals surface area contributed by atoms with Crippen molar-refractivity contribution >= 4 is 29.2 Å². The molecule has 158 valence electrons. The lowest BCUT2D eigenvalue weighted by molar-refractivity contribution is -0.110. The molecule has 0 saturated heterocycles. The van der Waals surface area contributed by atoms with E-state index in [0.29, 0.717) is 53.6 Å². The van der Waals surface area contributed by atoms with Gasteiger partial charge in [0.15, 0.2) is 5.76 Å². The van der Waals surface area contributed by atoms with Crippen molar-refractivity contribution in [3.63, 3.8) is 0 Å². The van der Waals surface area contributed by atoms with Gasteiger partial charge in [0.2, 0.25) is 0 Å². The number of aromatic amines is 1. The third kappa shape index (κ3) is 3.23. The molecular weight excluding hydrogens is 396 g/mol. The van der Waals surface area contributed by atoms with E-state index >= 15 is 0 Å². The number of carbonyl (C=O) groups is 2. The van der Waals surface area contributed by atoms with E-state index in [1.165, 1.54) is 0 Å². The highest BCUT2D eigenvalue weighted by molar-refractivity contribution is 6.35. The zero-order valence-corrected chi connectivity index (χ0v) is 17.5. The van der Waals surface area contributed by atoms with E-state index in [2.05, 4.69) is 25.8 Å². The fraction of sp³-hybridized carbons (Fsp3) is 0.273. The van der Waals surface area contributed by atoms with Crippen LogP contribution in [0.15, 0.2) is 22.9 Å². The molecule has 0 atom stereocenters. The predicted molar refractivity (Wildman–Crippen MR) is 115 cm³/mol. The van der Waals surface area contributed by atoms with Gasteiger partial charge in [-0.3, -0.25) is 14.6 Å². The first-order chi connectivity index (χ1) is 14.9. The first kappa shape index (κ1) is 19.3. The average molecular weight is 418 g/mol. The van der Waals surface area contributed by atoms with E-state index in [9.17, 15) is 9.59 Å². The molecule has 31 heavy (non-hydrogen) atoms. The quantitative estimate of drug-likeness (QED) is 0.516. The minimum absolute atomic E-state index is 0.113. The molecule has 3 N–H and O–H groups in total. The molecular formula is C22H22N6O3. The highest BCUT2D eigenvalue weighted by Crippen LogP contribution is 2.37. The van der Waals surface area contributed by atoms with Gasteiger partial charge >= 0.3 is 0 Å². The number of carbonyl (C=O) groups excluding carboxylic acids is 2. The van der Waals surface area contributed by atoms with Gasteiger partial charge in [-0.2, -0.15) is 0 Å². The van der Waals surface area contributed by atoms with Crippen LogP contribution in [0.3, 0.4) is 0 Å². The molecule has 0 aromatic carbocycles. The number of nitrogens with one attached hydrogen (secondary N) is 3.